The van der Waals surface area contributed by atoms with E-state index >= 15 is 0 Å². The van der Waals surface area contributed by atoms with E-state index < -0.39 is 0 Å². The second kappa shape index (κ2) is 31.0. The molecule has 8 bridgehead atoms. The molecule has 0 saturated carbocycles. The number of hydrogen-bond donors (Lipinski definition) is 2. The fourth-order valence-corrected chi connectivity index (χ4v) is 10.5. The molecule has 7 rings (SSSR count). The third-order valence-corrected chi connectivity index (χ3v) is 15.0. The predicted molar refractivity (Wildman–Crippen MR) is 322 cm³/mol. The fourth-order valence-electron chi connectivity index (χ4n) is 10.5. The zero-order valence-electron chi connectivity index (χ0n) is 46.4. The normalized spacial score (nSPS) is 11.7. The quantitative estimate of drug-likeness (QED) is 0.0363. The molecule has 2 aliphatic rings. The van der Waals surface area contributed by atoms with Crippen molar-refractivity contribution in [3.05, 3.63) is 135 Å². The van der Waals surface area contributed by atoms with Crippen molar-refractivity contribution in [3.63, 3.8) is 0 Å². The summed E-state index contributed by atoms with van der Waals surface area (Å²) in [6.45, 7) is 13.5. The molecule has 5 nitrogen and oxygen atoms in total. The Balaban J connectivity index is 1.34. The molecule has 5 heterocycles. The molecular formula is C69H89N5. The van der Waals surface area contributed by atoms with Crippen molar-refractivity contribution < 1.29 is 0 Å². The summed E-state index contributed by atoms with van der Waals surface area (Å²) in [4.78, 5) is 21.4. The third-order valence-electron chi connectivity index (χ3n) is 15.0. The zero-order valence-corrected chi connectivity index (χ0v) is 46.4. The van der Waals surface area contributed by atoms with Gasteiger partial charge in [0.15, 0.2) is 0 Å². The maximum atomic E-state index is 5.45. The van der Waals surface area contributed by atoms with E-state index in [9.17, 15) is 0 Å². The van der Waals surface area contributed by atoms with Gasteiger partial charge >= 0.3 is 0 Å². The molecule has 0 radical (unpaired) electrons. The van der Waals surface area contributed by atoms with E-state index in [1.807, 2.05) is 0 Å². The first-order valence-electron chi connectivity index (χ1n) is 29.6. The van der Waals surface area contributed by atoms with Gasteiger partial charge < -0.3 is 14.9 Å². The van der Waals surface area contributed by atoms with Crippen molar-refractivity contribution in [3.8, 4) is 23.7 Å². The molecule has 0 spiro atoms. The van der Waals surface area contributed by atoms with Gasteiger partial charge in [0, 0.05) is 52.1 Å². The van der Waals surface area contributed by atoms with Gasteiger partial charge in [-0.1, -0.05) is 197 Å². The van der Waals surface area contributed by atoms with Gasteiger partial charge in [-0.15, -0.1) is 0 Å². The van der Waals surface area contributed by atoms with E-state index in [4.69, 9.17) is 9.97 Å². The average molecular weight is 989 g/mol. The molecule has 2 N–H and O–H groups in total. The summed E-state index contributed by atoms with van der Waals surface area (Å²) >= 11 is 0. The first kappa shape index (κ1) is 55.7. The SMILES string of the molecule is CCCCCCCCCCc1c2nc(c(C#Cc3ccc(C)cc3)c3nc(c(CCCCCCCCCC)c4ccc([nH]4)c(C#Cc4ccc(N(CCCCCC)CCCCCC)cc4)c4ccc1[nH]4)C=C3)C=C2. The highest BCUT2D eigenvalue weighted by atomic mass is 15.1. The number of benzene rings is 2. The van der Waals surface area contributed by atoms with Gasteiger partial charge in [0.05, 0.1) is 44.9 Å². The first-order valence-corrected chi connectivity index (χ1v) is 29.6. The molecule has 390 valence electrons. The molecular weight excluding hydrogens is 899 g/mol. The van der Waals surface area contributed by atoms with Crippen molar-refractivity contribution in [2.24, 2.45) is 0 Å². The summed E-state index contributed by atoms with van der Waals surface area (Å²) in [7, 11) is 0. The second-order valence-electron chi connectivity index (χ2n) is 21.2. The third kappa shape index (κ3) is 17.0. The van der Waals surface area contributed by atoms with Crippen LogP contribution in [0, 0.1) is 30.6 Å². The molecule has 0 fully saturated rings. The monoisotopic (exact) mass is 988 g/mol. The van der Waals surface area contributed by atoms with E-state index in [0.29, 0.717) is 0 Å². The number of H-pyrrole nitrogens is 2. The number of nitrogens with one attached hydrogen (secondary N) is 2. The van der Waals surface area contributed by atoms with Gasteiger partial charge in [-0.2, -0.15) is 0 Å². The van der Waals surface area contributed by atoms with Crippen molar-refractivity contribution in [2.45, 2.75) is 202 Å². The Kier molecular flexibility index (Phi) is 23.3. The summed E-state index contributed by atoms with van der Waals surface area (Å²) < 4.78 is 0. The van der Waals surface area contributed by atoms with Crippen LogP contribution in [0.1, 0.15) is 244 Å². The van der Waals surface area contributed by atoms with E-state index in [0.717, 1.165) is 106 Å². The van der Waals surface area contributed by atoms with Crippen LogP contribution in [0.15, 0.2) is 72.8 Å². The number of unbranched alkanes of at least 4 members (excludes halogenated alkanes) is 20. The van der Waals surface area contributed by atoms with Crippen LogP contribution in [0.3, 0.4) is 0 Å². The lowest BCUT2D eigenvalue weighted by Gasteiger charge is -2.25. The Morgan fingerprint density at radius 3 is 1.18 bits per heavy atom. The van der Waals surface area contributed by atoms with Gasteiger partial charge in [0.25, 0.3) is 0 Å². The minimum absolute atomic E-state index is 0.859. The number of hydrogen-bond acceptors (Lipinski definition) is 3. The Morgan fingerprint density at radius 2 is 0.730 bits per heavy atom. The lowest BCUT2D eigenvalue weighted by Crippen LogP contribution is -2.25. The number of aromatic amines is 2. The largest absolute Gasteiger partial charge is 0.372 e. The Morgan fingerprint density at radius 1 is 0.365 bits per heavy atom. The fraction of sp³-hybridized carbons (Fsp3) is 0.478. The Hall–Kier alpha value is -6.04. The van der Waals surface area contributed by atoms with Crippen LogP contribution < -0.4 is 4.90 Å². The minimum atomic E-state index is 0.859. The molecule has 74 heavy (non-hydrogen) atoms. The predicted octanol–water partition coefficient (Wildman–Crippen LogP) is 19.1. The highest BCUT2D eigenvalue weighted by Crippen LogP contribution is 2.29. The Labute approximate surface area is 447 Å². The summed E-state index contributed by atoms with van der Waals surface area (Å²) in [5, 5.41) is 0. The highest BCUT2D eigenvalue weighted by Gasteiger charge is 2.17. The Bertz CT molecular complexity index is 2730. The van der Waals surface area contributed by atoms with Crippen molar-refractivity contribution in [2.75, 3.05) is 18.0 Å². The molecule has 5 aromatic rings. The zero-order chi connectivity index (χ0) is 51.6. The molecule has 0 saturated heterocycles. The number of anilines is 1. The molecule has 0 amide bonds. The molecule has 0 aliphatic carbocycles. The van der Waals surface area contributed by atoms with Crippen LogP contribution in [0.5, 0.6) is 0 Å². The molecule has 2 aromatic carbocycles. The van der Waals surface area contributed by atoms with Gasteiger partial charge in [0.1, 0.15) is 0 Å². The topological polar surface area (TPSA) is 60.6 Å². The number of aromatic nitrogens is 4. The maximum Gasteiger partial charge on any atom is 0.0816 e. The van der Waals surface area contributed by atoms with E-state index in [2.05, 4.69) is 170 Å². The van der Waals surface area contributed by atoms with Gasteiger partial charge in [-0.3, -0.25) is 0 Å². The van der Waals surface area contributed by atoms with E-state index in [1.54, 1.807) is 0 Å². The van der Waals surface area contributed by atoms with Crippen LogP contribution in [0.25, 0.3) is 46.4 Å². The molecule has 0 unspecified atom stereocenters. The first-order chi connectivity index (χ1) is 36.5. The minimum Gasteiger partial charge on any atom is -0.372 e. The van der Waals surface area contributed by atoms with Crippen LogP contribution >= 0.6 is 0 Å². The molecule has 2 aliphatic heterocycles. The number of rotatable bonds is 29. The number of aryl methyl sites for hydroxylation is 3. The summed E-state index contributed by atoms with van der Waals surface area (Å²) in [5.74, 6) is 14.5. The maximum absolute atomic E-state index is 5.45. The van der Waals surface area contributed by atoms with Gasteiger partial charge in [0.2, 0.25) is 0 Å². The summed E-state index contributed by atoms with van der Waals surface area (Å²) in [6, 6.07) is 26.5. The smallest absolute Gasteiger partial charge is 0.0816 e. The van der Waals surface area contributed by atoms with E-state index in [1.165, 1.54) is 164 Å². The van der Waals surface area contributed by atoms with Crippen LogP contribution in [-0.4, -0.2) is 33.0 Å². The second-order valence-corrected chi connectivity index (χ2v) is 21.2. The van der Waals surface area contributed by atoms with Crippen molar-refractivity contribution >= 4 is 52.1 Å². The summed E-state index contributed by atoms with van der Waals surface area (Å²) in [6.07, 6.45) is 41.1. The number of fused-ring (bicyclic) bond motifs is 8. The average Bonchev–Trinajstić information content (AvgIpc) is 4.28. The van der Waals surface area contributed by atoms with Gasteiger partial charge in [-0.25, -0.2) is 9.97 Å². The van der Waals surface area contributed by atoms with Crippen LogP contribution in [-0.2, 0) is 12.8 Å². The number of nitrogens with zero attached hydrogens (tertiary/aromatic N) is 3. The highest BCUT2D eigenvalue weighted by molar-refractivity contribution is 5.86. The van der Waals surface area contributed by atoms with E-state index in [-0.39, 0.29) is 0 Å². The summed E-state index contributed by atoms with van der Waals surface area (Å²) in [5.41, 5.74) is 16.7. The molecule has 0 atom stereocenters. The van der Waals surface area contributed by atoms with Crippen LogP contribution in [0.4, 0.5) is 5.69 Å². The lowest BCUT2D eigenvalue weighted by atomic mass is 10.0. The standard InChI is InChI=1S/C69H89N5/c1-6-10-14-18-20-22-24-26-30-58-62-44-48-66(70-62)60(42-38-55-34-32-54(5)33-35-55)67-49-45-63(71-67)59(31-27-25-23-21-19-15-11-7-2)65-47-51-69(73-65)61(68-50-46-64(58)72-68)43-39-56-36-40-57(41-37-56)74(52-28-16-12-8-3)53-29-17-13-9-4/h32-37,40-41,44-51,72-73H,6-31,52-53H2,1-5H3. The van der Waals surface area contributed by atoms with Crippen molar-refractivity contribution in [1.29, 1.82) is 0 Å². The lowest BCUT2D eigenvalue weighted by molar-refractivity contribution is 0.575. The molecule has 5 heteroatoms. The van der Waals surface area contributed by atoms with Crippen LogP contribution in [0.2, 0.25) is 0 Å². The van der Waals surface area contributed by atoms with Gasteiger partial charge in [-0.05, 0) is 130 Å². The molecule has 3 aromatic heterocycles. The van der Waals surface area contributed by atoms with Crippen molar-refractivity contribution in [1.82, 2.24) is 19.9 Å².